The molecule has 0 fully saturated rings. The van der Waals surface area contributed by atoms with Crippen LogP contribution in [0.1, 0.15) is 17.7 Å². The number of aryl methyl sites for hydroxylation is 2. The van der Waals surface area contributed by atoms with E-state index in [0.717, 1.165) is 16.8 Å². The molecule has 2 aromatic heterocycles. The van der Waals surface area contributed by atoms with Crippen molar-refractivity contribution in [1.29, 1.82) is 0 Å². The van der Waals surface area contributed by atoms with Gasteiger partial charge in [-0.15, -0.1) is 0 Å². The minimum absolute atomic E-state index is 0.158. The Bertz CT molecular complexity index is 502. The highest BCUT2D eigenvalue weighted by molar-refractivity contribution is 5.67. The normalized spacial score (nSPS) is 10.7. The largest absolute Gasteiger partial charge is 0.481 e. The molecule has 0 amide bonds. The van der Waals surface area contributed by atoms with E-state index in [9.17, 15) is 4.79 Å². The molecule has 15 heavy (non-hydrogen) atoms. The topological polar surface area (TPSA) is 54.6 Å². The van der Waals surface area contributed by atoms with Crippen LogP contribution in [0.15, 0.2) is 24.4 Å². The Balaban J connectivity index is 2.26. The molecule has 2 rings (SSSR count). The first-order valence-electron chi connectivity index (χ1n) is 4.82. The van der Waals surface area contributed by atoms with Gasteiger partial charge in [-0.25, -0.2) is 4.52 Å². The molecule has 2 heterocycles. The monoisotopic (exact) mass is 204 g/mol. The molecular weight excluding hydrogens is 192 g/mol. The van der Waals surface area contributed by atoms with Crippen LogP contribution in [0.25, 0.3) is 5.52 Å². The summed E-state index contributed by atoms with van der Waals surface area (Å²) in [4.78, 5) is 10.4. The van der Waals surface area contributed by atoms with Crippen LogP contribution in [-0.2, 0) is 11.2 Å². The molecule has 2 aromatic rings. The summed E-state index contributed by atoms with van der Waals surface area (Å²) in [7, 11) is 0. The highest BCUT2D eigenvalue weighted by Gasteiger charge is 2.01. The number of aliphatic carboxylic acids is 1. The van der Waals surface area contributed by atoms with Gasteiger partial charge in [-0.2, -0.15) is 5.10 Å². The van der Waals surface area contributed by atoms with Gasteiger partial charge in [0, 0.05) is 12.6 Å². The molecule has 0 aliphatic heterocycles. The lowest BCUT2D eigenvalue weighted by atomic mass is 10.1. The smallest absolute Gasteiger partial charge is 0.303 e. The van der Waals surface area contributed by atoms with Crippen LogP contribution >= 0.6 is 0 Å². The second-order valence-electron chi connectivity index (χ2n) is 3.59. The number of carbonyl (C=O) groups is 1. The van der Waals surface area contributed by atoms with Crippen molar-refractivity contribution < 1.29 is 9.90 Å². The summed E-state index contributed by atoms with van der Waals surface area (Å²) in [6.45, 7) is 1.93. The zero-order valence-electron chi connectivity index (χ0n) is 8.47. The van der Waals surface area contributed by atoms with Crippen LogP contribution in [-0.4, -0.2) is 20.7 Å². The van der Waals surface area contributed by atoms with Crippen molar-refractivity contribution in [3.8, 4) is 0 Å². The SMILES string of the molecule is Cc1cc2ccc(CCC(=O)O)cn2n1. The van der Waals surface area contributed by atoms with Gasteiger partial charge in [-0.3, -0.25) is 4.79 Å². The highest BCUT2D eigenvalue weighted by atomic mass is 16.4. The number of carboxylic acids is 1. The van der Waals surface area contributed by atoms with Crippen molar-refractivity contribution in [3.05, 3.63) is 35.7 Å². The third kappa shape index (κ3) is 2.15. The predicted molar refractivity (Wildman–Crippen MR) is 55.9 cm³/mol. The van der Waals surface area contributed by atoms with Gasteiger partial charge in [-0.05, 0) is 31.0 Å². The summed E-state index contributed by atoms with van der Waals surface area (Å²) >= 11 is 0. The summed E-state index contributed by atoms with van der Waals surface area (Å²) in [5, 5.41) is 12.8. The van der Waals surface area contributed by atoms with Gasteiger partial charge >= 0.3 is 5.97 Å². The summed E-state index contributed by atoms with van der Waals surface area (Å²) in [6.07, 6.45) is 2.58. The maximum absolute atomic E-state index is 10.4. The van der Waals surface area contributed by atoms with E-state index in [2.05, 4.69) is 5.10 Å². The van der Waals surface area contributed by atoms with Gasteiger partial charge in [0.25, 0.3) is 0 Å². The Hall–Kier alpha value is -1.84. The van der Waals surface area contributed by atoms with Gasteiger partial charge in [0.15, 0.2) is 0 Å². The van der Waals surface area contributed by atoms with E-state index in [0.29, 0.717) is 6.42 Å². The number of carboxylic acid groups (broad SMARTS) is 1. The molecule has 0 spiro atoms. The van der Waals surface area contributed by atoms with E-state index in [4.69, 9.17) is 5.11 Å². The molecule has 0 saturated heterocycles. The van der Waals surface area contributed by atoms with Crippen molar-refractivity contribution in [2.75, 3.05) is 0 Å². The maximum atomic E-state index is 10.4. The molecule has 0 saturated carbocycles. The standard InChI is InChI=1S/C11H12N2O2/c1-8-6-10-4-2-9(3-5-11(14)15)7-13(10)12-8/h2,4,6-7H,3,5H2,1H3,(H,14,15). The van der Waals surface area contributed by atoms with Gasteiger partial charge in [0.05, 0.1) is 11.2 Å². The lowest BCUT2D eigenvalue weighted by Gasteiger charge is -1.99. The molecule has 78 valence electrons. The van der Waals surface area contributed by atoms with Crippen molar-refractivity contribution in [2.45, 2.75) is 19.8 Å². The van der Waals surface area contributed by atoms with E-state index < -0.39 is 5.97 Å². The highest BCUT2D eigenvalue weighted by Crippen LogP contribution is 2.09. The summed E-state index contributed by atoms with van der Waals surface area (Å²) in [6, 6.07) is 5.89. The van der Waals surface area contributed by atoms with Crippen molar-refractivity contribution in [2.24, 2.45) is 0 Å². The molecule has 4 nitrogen and oxygen atoms in total. The van der Waals surface area contributed by atoms with Gasteiger partial charge in [-0.1, -0.05) is 6.07 Å². The van der Waals surface area contributed by atoms with Crippen LogP contribution in [0.5, 0.6) is 0 Å². The fraction of sp³-hybridized carbons (Fsp3) is 0.273. The predicted octanol–water partition coefficient (Wildman–Crippen LogP) is 1.66. The molecule has 0 bridgehead atoms. The van der Waals surface area contributed by atoms with Gasteiger partial charge in [0.1, 0.15) is 0 Å². The number of rotatable bonds is 3. The third-order valence-electron chi connectivity index (χ3n) is 2.27. The minimum Gasteiger partial charge on any atom is -0.481 e. The summed E-state index contributed by atoms with van der Waals surface area (Å²) in [5.74, 6) is -0.772. The van der Waals surface area contributed by atoms with Crippen LogP contribution in [0, 0.1) is 6.92 Å². The number of fused-ring (bicyclic) bond motifs is 1. The van der Waals surface area contributed by atoms with Crippen molar-refractivity contribution in [1.82, 2.24) is 9.61 Å². The third-order valence-corrected chi connectivity index (χ3v) is 2.27. The first-order chi connectivity index (χ1) is 7.15. The second-order valence-corrected chi connectivity index (χ2v) is 3.59. The molecule has 4 heteroatoms. The first kappa shape index (κ1) is 9.71. The molecule has 0 aromatic carbocycles. The molecule has 0 radical (unpaired) electrons. The molecule has 0 aliphatic rings. The van der Waals surface area contributed by atoms with Crippen LogP contribution < -0.4 is 0 Å². The maximum Gasteiger partial charge on any atom is 0.303 e. The van der Waals surface area contributed by atoms with E-state index in [1.807, 2.05) is 31.3 Å². The minimum atomic E-state index is -0.772. The molecule has 0 unspecified atom stereocenters. The fourth-order valence-corrected chi connectivity index (χ4v) is 1.56. The Morgan fingerprint density at radius 3 is 3.07 bits per heavy atom. The van der Waals surface area contributed by atoms with E-state index >= 15 is 0 Å². The summed E-state index contributed by atoms with van der Waals surface area (Å²) in [5.41, 5.74) is 2.99. The average Bonchev–Trinajstić information content (AvgIpc) is 2.53. The number of hydrogen-bond acceptors (Lipinski definition) is 2. The van der Waals surface area contributed by atoms with Gasteiger partial charge < -0.3 is 5.11 Å². The lowest BCUT2D eigenvalue weighted by molar-refractivity contribution is -0.136. The van der Waals surface area contributed by atoms with Crippen molar-refractivity contribution in [3.63, 3.8) is 0 Å². The zero-order chi connectivity index (χ0) is 10.8. The van der Waals surface area contributed by atoms with Crippen LogP contribution in [0.2, 0.25) is 0 Å². The Morgan fingerprint density at radius 2 is 2.33 bits per heavy atom. The summed E-state index contributed by atoms with van der Waals surface area (Å²) < 4.78 is 1.78. The second kappa shape index (κ2) is 3.73. The number of hydrogen-bond donors (Lipinski definition) is 1. The Kier molecular flexibility index (Phi) is 2.41. The van der Waals surface area contributed by atoms with E-state index in [1.165, 1.54) is 0 Å². The molecular formula is C11H12N2O2. The Labute approximate surface area is 87.2 Å². The fourth-order valence-electron chi connectivity index (χ4n) is 1.56. The zero-order valence-corrected chi connectivity index (χ0v) is 8.47. The molecule has 0 atom stereocenters. The van der Waals surface area contributed by atoms with E-state index in [-0.39, 0.29) is 6.42 Å². The van der Waals surface area contributed by atoms with Crippen LogP contribution in [0.4, 0.5) is 0 Å². The number of nitrogens with zero attached hydrogens (tertiary/aromatic N) is 2. The number of pyridine rings is 1. The molecule has 1 N–H and O–H groups in total. The first-order valence-corrected chi connectivity index (χ1v) is 4.82. The number of aromatic nitrogens is 2. The average molecular weight is 204 g/mol. The van der Waals surface area contributed by atoms with Gasteiger partial charge in [0.2, 0.25) is 0 Å². The van der Waals surface area contributed by atoms with Crippen molar-refractivity contribution >= 4 is 11.5 Å². The van der Waals surface area contributed by atoms with Crippen LogP contribution in [0.3, 0.4) is 0 Å². The Morgan fingerprint density at radius 1 is 1.53 bits per heavy atom. The lowest BCUT2D eigenvalue weighted by Crippen LogP contribution is -1.99. The quantitative estimate of drug-likeness (QED) is 0.827. The van der Waals surface area contributed by atoms with E-state index in [1.54, 1.807) is 4.52 Å². The molecule has 0 aliphatic carbocycles.